The Labute approximate surface area is 184 Å². The molecular weight excluding hydrogens is 374 g/mol. The Morgan fingerprint density at radius 1 is 0.967 bits per heavy atom. The molecule has 30 heavy (non-hydrogen) atoms. The second-order valence-electron chi connectivity index (χ2n) is 8.63. The Morgan fingerprint density at radius 3 is 2.10 bits per heavy atom. The molecule has 0 bridgehead atoms. The molecule has 0 spiro atoms. The molecule has 0 amide bonds. The van der Waals surface area contributed by atoms with Crippen molar-refractivity contribution in [1.82, 2.24) is 0 Å². The van der Waals surface area contributed by atoms with Crippen LogP contribution >= 0.6 is 0 Å². The number of unbranched alkanes of at least 4 members (excludes halogenated alkanes) is 12. The number of nitrogens with zero attached hydrogens (tertiary/aromatic N) is 2. The molecule has 1 aliphatic heterocycles. The van der Waals surface area contributed by atoms with E-state index in [1.807, 2.05) is 6.20 Å². The quantitative estimate of drug-likeness (QED) is 0.141. The summed E-state index contributed by atoms with van der Waals surface area (Å²) >= 11 is 0. The summed E-state index contributed by atoms with van der Waals surface area (Å²) in [4.78, 5) is 15.7. The van der Waals surface area contributed by atoms with E-state index in [0.29, 0.717) is 13.1 Å². The molecule has 0 aromatic rings. The highest BCUT2D eigenvalue weighted by molar-refractivity contribution is 5.81. The molecule has 0 saturated heterocycles. The summed E-state index contributed by atoms with van der Waals surface area (Å²) in [7, 11) is 0. The smallest absolute Gasteiger partial charge is 0.360 e. The van der Waals surface area contributed by atoms with Gasteiger partial charge in [0.25, 0.3) is 0 Å². The van der Waals surface area contributed by atoms with Crippen LogP contribution in [-0.4, -0.2) is 41.0 Å². The van der Waals surface area contributed by atoms with Gasteiger partial charge in [0, 0.05) is 13.0 Å². The number of aliphatic carboxylic acids is 1. The van der Waals surface area contributed by atoms with E-state index < -0.39 is 5.97 Å². The second-order valence-corrected chi connectivity index (χ2v) is 8.63. The molecule has 5 nitrogen and oxygen atoms in total. The van der Waals surface area contributed by atoms with Gasteiger partial charge in [0.2, 0.25) is 5.84 Å². The summed E-state index contributed by atoms with van der Waals surface area (Å²) in [5.41, 5.74) is 5.71. The number of carboxylic acid groups (broad SMARTS) is 1. The number of carboxylic acids is 1. The predicted molar refractivity (Wildman–Crippen MR) is 127 cm³/mol. The lowest BCUT2D eigenvalue weighted by Crippen LogP contribution is -2.52. The number of allylic oxidation sites excluding steroid dienone is 2. The van der Waals surface area contributed by atoms with Gasteiger partial charge < -0.3 is 10.8 Å². The van der Waals surface area contributed by atoms with Crippen molar-refractivity contribution in [3.63, 3.8) is 0 Å². The minimum Gasteiger partial charge on any atom is -0.477 e. The van der Waals surface area contributed by atoms with E-state index in [-0.39, 0.29) is 11.0 Å². The van der Waals surface area contributed by atoms with Crippen LogP contribution in [0.25, 0.3) is 0 Å². The molecule has 5 heteroatoms. The van der Waals surface area contributed by atoms with Crippen LogP contribution in [0.15, 0.2) is 29.5 Å². The third-order valence-electron chi connectivity index (χ3n) is 5.95. The van der Waals surface area contributed by atoms with Crippen molar-refractivity contribution in [1.29, 1.82) is 0 Å². The van der Waals surface area contributed by atoms with E-state index >= 15 is 0 Å². The first kappa shape index (κ1) is 26.6. The average Bonchev–Trinajstić information content (AvgIpc) is 3.09. The van der Waals surface area contributed by atoms with E-state index in [4.69, 9.17) is 5.73 Å². The summed E-state index contributed by atoms with van der Waals surface area (Å²) in [6.07, 6.45) is 27.4. The number of hydrogen-bond donors (Lipinski definition) is 2. The van der Waals surface area contributed by atoms with Gasteiger partial charge in [-0.3, -0.25) is 0 Å². The fourth-order valence-electron chi connectivity index (χ4n) is 4.17. The lowest BCUT2D eigenvalue weighted by Gasteiger charge is -2.30. The largest absolute Gasteiger partial charge is 0.477 e. The van der Waals surface area contributed by atoms with Gasteiger partial charge in [-0.15, -0.1) is 0 Å². The number of quaternary nitrogens is 1. The molecule has 0 aromatic carbocycles. The van der Waals surface area contributed by atoms with Crippen LogP contribution in [0.2, 0.25) is 0 Å². The number of hydrogen-bond acceptors (Lipinski definition) is 3. The zero-order chi connectivity index (χ0) is 21.9. The molecule has 1 unspecified atom stereocenters. The third kappa shape index (κ3) is 11.7. The number of amidine groups is 1. The molecule has 0 aromatic heterocycles. The molecule has 1 atom stereocenters. The summed E-state index contributed by atoms with van der Waals surface area (Å²) in [6.45, 7) is 3.35. The van der Waals surface area contributed by atoms with Gasteiger partial charge in [0.1, 0.15) is 12.7 Å². The van der Waals surface area contributed by atoms with Crippen LogP contribution in [0, 0.1) is 0 Å². The van der Waals surface area contributed by atoms with Crippen molar-refractivity contribution >= 4 is 11.8 Å². The average molecular weight is 421 g/mol. The third-order valence-corrected chi connectivity index (χ3v) is 5.95. The monoisotopic (exact) mass is 420 g/mol. The zero-order valence-electron chi connectivity index (χ0n) is 19.4. The Kier molecular flexibility index (Phi) is 15.3. The topological polar surface area (TPSA) is 75.7 Å². The van der Waals surface area contributed by atoms with Gasteiger partial charge in [-0.25, -0.2) is 14.3 Å². The van der Waals surface area contributed by atoms with Crippen molar-refractivity contribution in [2.24, 2.45) is 10.7 Å². The van der Waals surface area contributed by atoms with Crippen molar-refractivity contribution in [3.8, 4) is 0 Å². The second kappa shape index (κ2) is 17.2. The van der Waals surface area contributed by atoms with E-state index in [2.05, 4.69) is 24.1 Å². The molecule has 1 aliphatic rings. The predicted octanol–water partition coefficient (Wildman–Crippen LogP) is 6.16. The molecule has 3 N–H and O–H groups in total. The Balaban J connectivity index is 2.02. The number of carbonyl (C=O) groups is 1. The summed E-state index contributed by atoms with van der Waals surface area (Å²) < 4.78 is 0.286. The maximum Gasteiger partial charge on any atom is 0.360 e. The molecule has 0 radical (unpaired) electrons. The van der Waals surface area contributed by atoms with E-state index in [9.17, 15) is 9.90 Å². The number of nitrogens with two attached hydrogens (primary N) is 1. The van der Waals surface area contributed by atoms with Crippen molar-refractivity contribution < 1.29 is 14.4 Å². The molecule has 0 fully saturated rings. The highest BCUT2D eigenvalue weighted by Gasteiger charge is 2.36. The van der Waals surface area contributed by atoms with Gasteiger partial charge in [0.05, 0.1) is 6.20 Å². The highest BCUT2D eigenvalue weighted by Crippen LogP contribution is 2.20. The summed E-state index contributed by atoms with van der Waals surface area (Å²) in [5.74, 6) is 0.121. The number of aliphatic imine (C=N–C) groups is 1. The van der Waals surface area contributed by atoms with Crippen LogP contribution in [0.4, 0.5) is 0 Å². The highest BCUT2D eigenvalue weighted by atomic mass is 16.4. The van der Waals surface area contributed by atoms with Gasteiger partial charge in [0.15, 0.2) is 6.54 Å². The normalized spacial score (nSPS) is 18.4. The minimum absolute atomic E-state index is 0.0290. The Hall–Kier alpha value is -1.46. The standard InChI is InChI=1S/C25H45N3O2/c1-2-3-4-5-6-7-8-9-10-11-12-13-14-15-16-17-18-24-27-20-22-28(24,21-19-26)23-25(29)30/h14-15,20,22H,2-13,16-19,21,23,26H2,1H3/p+1/b15-14+. The van der Waals surface area contributed by atoms with Gasteiger partial charge >= 0.3 is 5.97 Å². The first-order chi connectivity index (χ1) is 14.6. The van der Waals surface area contributed by atoms with E-state index in [1.165, 1.54) is 77.0 Å². The van der Waals surface area contributed by atoms with Crippen LogP contribution in [0.5, 0.6) is 0 Å². The Bertz CT molecular complexity index is 543. The zero-order valence-corrected chi connectivity index (χ0v) is 19.4. The van der Waals surface area contributed by atoms with Crippen molar-refractivity contribution in [2.45, 2.75) is 103 Å². The van der Waals surface area contributed by atoms with Crippen LogP contribution in [0.3, 0.4) is 0 Å². The van der Waals surface area contributed by atoms with Crippen molar-refractivity contribution in [2.75, 3.05) is 19.6 Å². The molecule has 0 saturated carbocycles. The fraction of sp³-hybridized carbons (Fsp3) is 0.760. The summed E-state index contributed by atoms with van der Waals surface area (Å²) in [6, 6.07) is 0. The Morgan fingerprint density at radius 2 is 1.53 bits per heavy atom. The molecule has 1 heterocycles. The lowest BCUT2D eigenvalue weighted by atomic mass is 10.1. The number of rotatable bonds is 20. The molecule has 0 aliphatic carbocycles. The van der Waals surface area contributed by atoms with Gasteiger partial charge in [-0.05, 0) is 25.7 Å². The first-order valence-corrected chi connectivity index (χ1v) is 12.3. The van der Waals surface area contributed by atoms with Crippen molar-refractivity contribution in [3.05, 3.63) is 24.6 Å². The van der Waals surface area contributed by atoms with E-state index in [1.54, 1.807) is 6.20 Å². The summed E-state index contributed by atoms with van der Waals surface area (Å²) in [5, 5.41) is 9.24. The molecule has 172 valence electrons. The maximum absolute atomic E-state index is 11.2. The van der Waals surface area contributed by atoms with Gasteiger partial charge in [-0.2, -0.15) is 0 Å². The lowest BCUT2D eigenvalue weighted by molar-refractivity contribution is -0.778. The molecule has 1 rings (SSSR count). The SMILES string of the molecule is CCCCCCCCCCCCC/C=C/CCCC1=NC=C[N+]1(CCN)CC(=O)O. The van der Waals surface area contributed by atoms with E-state index in [0.717, 1.165) is 25.1 Å². The van der Waals surface area contributed by atoms with Gasteiger partial charge in [-0.1, -0.05) is 83.3 Å². The first-order valence-electron chi connectivity index (χ1n) is 12.3. The van der Waals surface area contributed by atoms with Crippen LogP contribution in [0.1, 0.15) is 103 Å². The fourth-order valence-corrected chi connectivity index (χ4v) is 4.17. The maximum atomic E-state index is 11.2. The minimum atomic E-state index is -0.811. The van der Waals surface area contributed by atoms with Crippen LogP contribution < -0.4 is 5.73 Å². The van der Waals surface area contributed by atoms with Crippen LogP contribution in [-0.2, 0) is 4.79 Å². The molecular formula is C25H46N3O2+.